The third kappa shape index (κ3) is 3.96. The minimum Gasteiger partial charge on any atom is -0.336 e. The molecule has 1 aromatic rings. The van der Waals surface area contributed by atoms with Crippen molar-refractivity contribution < 1.29 is 4.79 Å². The van der Waals surface area contributed by atoms with Crippen molar-refractivity contribution in [2.45, 2.75) is 25.8 Å². The third-order valence-electron chi connectivity index (χ3n) is 3.77. The molecular weight excluding hydrogens is 238 g/mol. The maximum atomic E-state index is 12.0. The molecule has 0 bridgehead atoms. The SMILES string of the molecule is CC1CCN(C(=O)NCC(N)c2ccccc2)CC1. The van der Waals surface area contributed by atoms with Crippen LogP contribution in [0.1, 0.15) is 31.4 Å². The molecule has 3 N–H and O–H groups in total. The molecule has 4 heteroatoms. The second kappa shape index (κ2) is 6.57. The molecule has 1 fully saturated rings. The summed E-state index contributed by atoms with van der Waals surface area (Å²) in [7, 11) is 0. The summed E-state index contributed by atoms with van der Waals surface area (Å²) >= 11 is 0. The molecule has 104 valence electrons. The highest BCUT2D eigenvalue weighted by Crippen LogP contribution is 2.16. The number of hydrogen-bond acceptors (Lipinski definition) is 2. The predicted molar refractivity (Wildman–Crippen MR) is 76.7 cm³/mol. The molecule has 1 aromatic carbocycles. The normalized spacial score (nSPS) is 18.1. The fraction of sp³-hybridized carbons (Fsp3) is 0.533. The average Bonchev–Trinajstić information content (AvgIpc) is 2.46. The number of carbonyl (C=O) groups is 1. The fourth-order valence-corrected chi connectivity index (χ4v) is 2.34. The summed E-state index contributed by atoms with van der Waals surface area (Å²) in [5, 5.41) is 2.93. The van der Waals surface area contributed by atoms with Gasteiger partial charge in [-0.15, -0.1) is 0 Å². The largest absolute Gasteiger partial charge is 0.336 e. The summed E-state index contributed by atoms with van der Waals surface area (Å²) in [6, 6.07) is 9.72. The van der Waals surface area contributed by atoms with Crippen LogP contribution in [0.5, 0.6) is 0 Å². The molecule has 0 radical (unpaired) electrons. The second-order valence-corrected chi connectivity index (χ2v) is 5.37. The molecule has 0 saturated carbocycles. The summed E-state index contributed by atoms with van der Waals surface area (Å²) < 4.78 is 0. The molecule has 0 aliphatic carbocycles. The zero-order chi connectivity index (χ0) is 13.7. The monoisotopic (exact) mass is 261 g/mol. The van der Waals surface area contributed by atoms with Crippen LogP contribution in [-0.2, 0) is 0 Å². The number of hydrogen-bond donors (Lipinski definition) is 2. The maximum absolute atomic E-state index is 12.0. The van der Waals surface area contributed by atoms with E-state index in [-0.39, 0.29) is 12.1 Å². The van der Waals surface area contributed by atoms with Crippen molar-refractivity contribution in [1.29, 1.82) is 0 Å². The van der Waals surface area contributed by atoms with E-state index in [9.17, 15) is 4.79 Å². The van der Waals surface area contributed by atoms with Gasteiger partial charge in [0.15, 0.2) is 0 Å². The molecule has 1 atom stereocenters. The van der Waals surface area contributed by atoms with E-state index in [2.05, 4.69) is 12.2 Å². The molecule has 2 amide bonds. The van der Waals surface area contributed by atoms with Gasteiger partial charge in [-0.2, -0.15) is 0 Å². The molecule has 0 aromatic heterocycles. The smallest absolute Gasteiger partial charge is 0.317 e. The van der Waals surface area contributed by atoms with E-state index in [1.165, 1.54) is 0 Å². The number of nitrogens with two attached hydrogens (primary N) is 1. The molecule has 4 nitrogen and oxygen atoms in total. The average molecular weight is 261 g/mol. The molecule has 0 spiro atoms. The van der Waals surface area contributed by atoms with Gasteiger partial charge in [0.25, 0.3) is 0 Å². The van der Waals surface area contributed by atoms with Crippen LogP contribution < -0.4 is 11.1 Å². The van der Waals surface area contributed by atoms with E-state index in [0.29, 0.717) is 6.54 Å². The second-order valence-electron chi connectivity index (χ2n) is 5.37. The van der Waals surface area contributed by atoms with Gasteiger partial charge >= 0.3 is 6.03 Å². The quantitative estimate of drug-likeness (QED) is 0.875. The standard InChI is InChI=1S/C15H23N3O/c1-12-7-9-18(10-8-12)15(19)17-11-14(16)13-5-3-2-4-6-13/h2-6,12,14H,7-11,16H2,1H3,(H,17,19). The highest BCUT2D eigenvalue weighted by atomic mass is 16.2. The van der Waals surface area contributed by atoms with Crippen molar-refractivity contribution in [1.82, 2.24) is 10.2 Å². The molecule has 1 heterocycles. The lowest BCUT2D eigenvalue weighted by atomic mass is 10.00. The first-order chi connectivity index (χ1) is 9.16. The molecule has 2 rings (SSSR count). The van der Waals surface area contributed by atoms with Crippen molar-refractivity contribution in [3.05, 3.63) is 35.9 Å². The Labute approximate surface area is 115 Å². The lowest BCUT2D eigenvalue weighted by Crippen LogP contribution is -2.45. The first kappa shape index (κ1) is 13.9. The Hall–Kier alpha value is -1.55. The van der Waals surface area contributed by atoms with E-state index < -0.39 is 0 Å². The summed E-state index contributed by atoms with van der Waals surface area (Å²) in [5.74, 6) is 0.732. The van der Waals surface area contributed by atoms with Crippen LogP contribution in [0.2, 0.25) is 0 Å². The van der Waals surface area contributed by atoms with Crippen molar-refractivity contribution in [2.24, 2.45) is 11.7 Å². The Bertz CT molecular complexity index is 399. The molecule has 1 aliphatic heterocycles. The van der Waals surface area contributed by atoms with Gasteiger partial charge in [-0.25, -0.2) is 4.79 Å². The van der Waals surface area contributed by atoms with Gasteiger partial charge in [0, 0.05) is 25.7 Å². The van der Waals surface area contributed by atoms with Crippen LogP contribution in [0.3, 0.4) is 0 Å². The van der Waals surface area contributed by atoms with E-state index in [0.717, 1.165) is 37.4 Å². The number of amides is 2. The van der Waals surface area contributed by atoms with Gasteiger partial charge in [0.1, 0.15) is 0 Å². The third-order valence-corrected chi connectivity index (χ3v) is 3.77. The van der Waals surface area contributed by atoms with Crippen LogP contribution in [-0.4, -0.2) is 30.6 Å². The molecule has 19 heavy (non-hydrogen) atoms. The number of piperidine rings is 1. The fourth-order valence-electron chi connectivity index (χ4n) is 2.34. The van der Waals surface area contributed by atoms with Gasteiger partial charge in [-0.05, 0) is 24.3 Å². The van der Waals surface area contributed by atoms with E-state index in [1.54, 1.807) is 0 Å². The summed E-state index contributed by atoms with van der Waals surface area (Å²) in [6.45, 7) is 4.43. The van der Waals surface area contributed by atoms with Crippen LogP contribution >= 0.6 is 0 Å². The Morgan fingerprint density at radius 2 is 2.00 bits per heavy atom. The van der Waals surface area contributed by atoms with Crippen molar-refractivity contribution in [3.8, 4) is 0 Å². The van der Waals surface area contributed by atoms with Crippen molar-refractivity contribution in [2.75, 3.05) is 19.6 Å². The van der Waals surface area contributed by atoms with Crippen LogP contribution in [0.4, 0.5) is 4.79 Å². The topological polar surface area (TPSA) is 58.4 Å². The minimum absolute atomic E-state index is 0.0123. The highest BCUT2D eigenvalue weighted by molar-refractivity contribution is 5.74. The van der Waals surface area contributed by atoms with Crippen LogP contribution in [0.25, 0.3) is 0 Å². The summed E-state index contributed by atoms with van der Waals surface area (Å²) in [4.78, 5) is 13.9. The zero-order valence-corrected chi connectivity index (χ0v) is 11.5. The maximum Gasteiger partial charge on any atom is 0.317 e. The first-order valence-electron chi connectivity index (χ1n) is 7.00. The van der Waals surface area contributed by atoms with E-state index >= 15 is 0 Å². The Kier molecular flexibility index (Phi) is 4.80. The van der Waals surface area contributed by atoms with E-state index in [1.807, 2.05) is 35.2 Å². The van der Waals surface area contributed by atoms with Gasteiger partial charge < -0.3 is 16.0 Å². The first-order valence-corrected chi connectivity index (χ1v) is 7.00. The van der Waals surface area contributed by atoms with Gasteiger partial charge in [-0.1, -0.05) is 37.3 Å². The summed E-state index contributed by atoms with van der Waals surface area (Å²) in [6.07, 6.45) is 2.19. The zero-order valence-electron chi connectivity index (χ0n) is 11.5. The number of benzene rings is 1. The van der Waals surface area contributed by atoms with Gasteiger partial charge in [0.2, 0.25) is 0 Å². The number of nitrogens with one attached hydrogen (secondary N) is 1. The van der Waals surface area contributed by atoms with Gasteiger partial charge in [0.05, 0.1) is 0 Å². The number of carbonyl (C=O) groups excluding carboxylic acids is 1. The lowest BCUT2D eigenvalue weighted by molar-refractivity contribution is 0.173. The molecule has 1 aliphatic rings. The molecule has 1 unspecified atom stereocenters. The summed E-state index contributed by atoms with van der Waals surface area (Å²) in [5.41, 5.74) is 7.11. The van der Waals surface area contributed by atoms with Crippen LogP contribution in [0, 0.1) is 5.92 Å². The molecular formula is C15H23N3O. The lowest BCUT2D eigenvalue weighted by Gasteiger charge is -2.30. The molecule has 1 saturated heterocycles. The van der Waals surface area contributed by atoms with E-state index in [4.69, 9.17) is 5.73 Å². The number of likely N-dealkylation sites (tertiary alicyclic amines) is 1. The van der Waals surface area contributed by atoms with Gasteiger partial charge in [-0.3, -0.25) is 0 Å². The number of urea groups is 1. The van der Waals surface area contributed by atoms with Crippen molar-refractivity contribution >= 4 is 6.03 Å². The predicted octanol–water partition coefficient (Wildman–Crippen LogP) is 2.13. The van der Waals surface area contributed by atoms with Crippen molar-refractivity contribution in [3.63, 3.8) is 0 Å². The number of nitrogens with zero attached hydrogens (tertiary/aromatic N) is 1. The Morgan fingerprint density at radius 1 is 1.37 bits per heavy atom. The van der Waals surface area contributed by atoms with Crippen LogP contribution in [0.15, 0.2) is 30.3 Å². The minimum atomic E-state index is -0.145. The Morgan fingerprint density at radius 3 is 2.63 bits per heavy atom. The number of rotatable bonds is 3. The Balaban J connectivity index is 1.77. The highest BCUT2D eigenvalue weighted by Gasteiger charge is 2.20.